The van der Waals surface area contributed by atoms with Crippen molar-refractivity contribution in [3.05, 3.63) is 35.9 Å². The molecule has 0 aromatic heterocycles. The van der Waals surface area contributed by atoms with Gasteiger partial charge in [-0.05, 0) is 24.8 Å². The van der Waals surface area contributed by atoms with Crippen molar-refractivity contribution in [3.63, 3.8) is 0 Å². The average molecular weight is 203 g/mol. The summed E-state index contributed by atoms with van der Waals surface area (Å²) in [5.74, 6) is 0. The van der Waals surface area contributed by atoms with Crippen LogP contribution in [0.1, 0.15) is 30.9 Å². The first-order chi connectivity index (χ1) is 7.41. The third kappa shape index (κ3) is 1.48. The van der Waals surface area contributed by atoms with E-state index in [0.717, 1.165) is 13.2 Å². The summed E-state index contributed by atoms with van der Waals surface area (Å²) < 4.78 is 6.01. The maximum atomic E-state index is 6.01. The normalized spacial score (nSPS) is 28.7. The van der Waals surface area contributed by atoms with Gasteiger partial charge < -0.3 is 10.1 Å². The zero-order valence-corrected chi connectivity index (χ0v) is 8.91. The molecule has 1 saturated carbocycles. The van der Waals surface area contributed by atoms with Crippen LogP contribution in [0.25, 0.3) is 0 Å². The van der Waals surface area contributed by atoms with Crippen molar-refractivity contribution in [1.29, 1.82) is 0 Å². The monoisotopic (exact) mass is 203 g/mol. The Bertz CT molecular complexity index is 332. The Kier molecular flexibility index (Phi) is 2.26. The lowest BCUT2D eigenvalue weighted by Gasteiger charge is -2.50. The summed E-state index contributed by atoms with van der Waals surface area (Å²) in [5, 5.41) is 3.60. The molecular formula is C13H17NO. The molecule has 1 unspecified atom stereocenters. The molecule has 1 saturated heterocycles. The minimum absolute atomic E-state index is 0.111. The van der Waals surface area contributed by atoms with Crippen molar-refractivity contribution in [2.24, 2.45) is 0 Å². The fourth-order valence-electron chi connectivity index (χ4n) is 2.75. The molecule has 1 aliphatic carbocycles. The second-order valence-corrected chi connectivity index (χ2v) is 4.56. The van der Waals surface area contributed by atoms with Crippen molar-refractivity contribution >= 4 is 0 Å². The summed E-state index contributed by atoms with van der Waals surface area (Å²) in [6.45, 7) is 1.84. The van der Waals surface area contributed by atoms with E-state index in [4.69, 9.17) is 4.74 Å². The highest BCUT2D eigenvalue weighted by atomic mass is 16.5. The first-order valence-electron chi connectivity index (χ1n) is 5.83. The Hall–Kier alpha value is -0.860. The summed E-state index contributed by atoms with van der Waals surface area (Å²) in [7, 11) is 0. The molecule has 15 heavy (non-hydrogen) atoms. The Labute approximate surface area is 90.6 Å². The van der Waals surface area contributed by atoms with E-state index in [2.05, 4.69) is 35.6 Å². The van der Waals surface area contributed by atoms with Crippen molar-refractivity contribution in [1.82, 2.24) is 5.32 Å². The minimum Gasteiger partial charge on any atom is -0.372 e. The van der Waals surface area contributed by atoms with Crippen LogP contribution in [-0.4, -0.2) is 18.8 Å². The first kappa shape index (κ1) is 9.37. The number of rotatable bonds is 1. The Morgan fingerprint density at radius 2 is 2.00 bits per heavy atom. The standard InChI is InChI=1S/C13H17NO/c1-2-5-11(6-3-1)12-13(7-4-8-13)15-10-9-14-12/h1-3,5-6,12,14H,4,7-10H2. The highest BCUT2D eigenvalue weighted by Gasteiger charge is 2.47. The number of ether oxygens (including phenoxy) is 1. The molecule has 1 atom stereocenters. The largest absolute Gasteiger partial charge is 0.372 e. The molecule has 1 N–H and O–H groups in total. The smallest absolute Gasteiger partial charge is 0.0877 e. The van der Waals surface area contributed by atoms with Crippen LogP contribution in [0.3, 0.4) is 0 Å². The summed E-state index contributed by atoms with van der Waals surface area (Å²) in [5.41, 5.74) is 1.48. The topological polar surface area (TPSA) is 21.3 Å². The summed E-state index contributed by atoms with van der Waals surface area (Å²) >= 11 is 0. The third-order valence-corrected chi connectivity index (χ3v) is 3.70. The Morgan fingerprint density at radius 1 is 1.20 bits per heavy atom. The van der Waals surface area contributed by atoms with Gasteiger partial charge in [0.15, 0.2) is 0 Å². The van der Waals surface area contributed by atoms with Gasteiger partial charge in [-0.1, -0.05) is 30.3 Å². The van der Waals surface area contributed by atoms with Crippen molar-refractivity contribution in [2.45, 2.75) is 30.9 Å². The third-order valence-electron chi connectivity index (χ3n) is 3.70. The van der Waals surface area contributed by atoms with Gasteiger partial charge in [-0.3, -0.25) is 0 Å². The summed E-state index contributed by atoms with van der Waals surface area (Å²) in [6, 6.07) is 11.1. The van der Waals surface area contributed by atoms with Crippen LogP contribution in [0.5, 0.6) is 0 Å². The quantitative estimate of drug-likeness (QED) is 0.756. The molecule has 2 fully saturated rings. The molecule has 1 aliphatic heterocycles. The number of benzene rings is 1. The van der Waals surface area contributed by atoms with Gasteiger partial charge in [0.05, 0.1) is 18.2 Å². The van der Waals surface area contributed by atoms with Gasteiger partial charge in [-0.25, -0.2) is 0 Å². The van der Waals surface area contributed by atoms with E-state index in [1.54, 1.807) is 0 Å². The van der Waals surface area contributed by atoms with E-state index in [1.165, 1.54) is 24.8 Å². The predicted molar refractivity (Wildman–Crippen MR) is 59.7 cm³/mol. The number of hydrogen-bond acceptors (Lipinski definition) is 2. The van der Waals surface area contributed by atoms with E-state index in [9.17, 15) is 0 Å². The molecule has 0 amide bonds. The van der Waals surface area contributed by atoms with Gasteiger partial charge in [0, 0.05) is 6.54 Å². The van der Waals surface area contributed by atoms with Crippen molar-refractivity contribution in [3.8, 4) is 0 Å². The lowest BCUT2D eigenvalue weighted by molar-refractivity contribution is -0.146. The molecule has 0 bridgehead atoms. The van der Waals surface area contributed by atoms with E-state index < -0.39 is 0 Å². The van der Waals surface area contributed by atoms with Gasteiger partial charge in [-0.2, -0.15) is 0 Å². The minimum atomic E-state index is 0.111. The van der Waals surface area contributed by atoms with E-state index in [1.807, 2.05) is 0 Å². The zero-order chi connectivity index (χ0) is 10.1. The molecule has 2 aliphatic rings. The molecule has 1 aromatic carbocycles. The molecule has 1 spiro atoms. The van der Waals surface area contributed by atoms with Crippen molar-refractivity contribution < 1.29 is 4.74 Å². The van der Waals surface area contributed by atoms with Gasteiger partial charge in [-0.15, -0.1) is 0 Å². The van der Waals surface area contributed by atoms with Crippen molar-refractivity contribution in [2.75, 3.05) is 13.2 Å². The Morgan fingerprint density at radius 3 is 2.67 bits per heavy atom. The van der Waals surface area contributed by atoms with Gasteiger partial charge in [0.1, 0.15) is 0 Å². The maximum absolute atomic E-state index is 6.01. The number of nitrogens with one attached hydrogen (secondary N) is 1. The van der Waals surface area contributed by atoms with Crippen LogP contribution in [0.15, 0.2) is 30.3 Å². The second kappa shape index (κ2) is 3.62. The highest BCUT2D eigenvalue weighted by molar-refractivity contribution is 5.24. The molecule has 2 nitrogen and oxygen atoms in total. The fraction of sp³-hybridized carbons (Fsp3) is 0.538. The molecule has 80 valence electrons. The van der Waals surface area contributed by atoms with Gasteiger partial charge >= 0.3 is 0 Å². The average Bonchev–Trinajstić information content (AvgIpc) is 2.28. The van der Waals surface area contributed by atoms with Crippen LogP contribution in [0.4, 0.5) is 0 Å². The van der Waals surface area contributed by atoms with Crippen LogP contribution >= 0.6 is 0 Å². The molecule has 3 rings (SSSR count). The zero-order valence-electron chi connectivity index (χ0n) is 8.91. The van der Waals surface area contributed by atoms with Crippen LogP contribution < -0.4 is 5.32 Å². The van der Waals surface area contributed by atoms with Gasteiger partial charge in [0.2, 0.25) is 0 Å². The molecule has 0 radical (unpaired) electrons. The number of hydrogen-bond donors (Lipinski definition) is 1. The fourth-order valence-corrected chi connectivity index (χ4v) is 2.75. The van der Waals surface area contributed by atoms with E-state index in [0.29, 0.717) is 6.04 Å². The molecule has 2 heteroatoms. The Balaban J connectivity index is 1.89. The lowest BCUT2D eigenvalue weighted by Crippen LogP contribution is -2.56. The molecule has 1 aromatic rings. The predicted octanol–water partition coefficient (Wildman–Crippen LogP) is 2.27. The summed E-state index contributed by atoms with van der Waals surface area (Å²) in [4.78, 5) is 0. The SMILES string of the molecule is c1ccc(C2NCCOC23CCC3)cc1. The van der Waals surface area contributed by atoms with Crippen LogP contribution in [-0.2, 0) is 4.74 Å². The second-order valence-electron chi connectivity index (χ2n) is 4.56. The lowest BCUT2D eigenvalue weighted by atomic mass is 9.71. The maximum Gasteiger partial charge on any atom is 0.0877 e. The molecular weight excluding hydrogens is 186 g/mol. The highest BCUT2D eigenvalue weighted by Crippen LogP contribution is 2.46. The first-order valence-corrected chi connectivity index (χ1v) is 5.83. The summed E-state index contributed by atoms with van der Waals surface area (Å²) in [6.07, 6.45) is 3.73. The van der Waals surface area contributed by atoms with Gasteiger partial charge in [0.25, 0.3) is 0 Å². The van der Waals surface area contributed by atoms with Crippen LogP contribution in [0.2, 0.25) is 0 Å². The van der Waals surface area contributed by atoms with E-state index in [-0.39, 0.29) is 5.60 Å². The number of morpholine rings is 1. The van der Waals surface area contributed by atoms with E-state index >= 15 is 0 Å². The molecule has 1 heterocycles. The van der Waals surface area contributed by atoms with Crippen LogP contribution in [0, 0.1) is 0 Å².